The van der Waals surface area contributed by atoms with Crippen LogP contribution in [0.4, 0.5) is 18.9 Å². The van der Waals surface area contributed by atoms with E-state index in [-0.39, 0.29) is 0 Å². The molecule has 1 N–H and O–H groups in total. The fraction of sp³-hybridized carbons (Fsp3) is 0.100. The first-order valence-electron chi connectivity index (χ1n) is 4.23. The minimum atomic E-state index is -4.60. The number of alkyl halides is 3. The Hall–Kier alpha value is -1.43. The molecule has 6 heteroatoms. The molecule has 0 aliphatic carbocycles. The number of hydrogen-bond donors (Lipinski definition) is 2. The zero-order valence-electron chi connectivity index (χ0n) is 7.95. The minimum absolute atomic E-state index is 0.399. The number of nitrogens with one attached hydrogen (secondary N) is 1. The lowest BCUT2D eigenvalue weighted by molar-refractivity contribution is -0.113. The minimum Gasteiger partial charge on any atom is -0.322 e. The summed E-state index contributed by atoms with van der Waals surface area (Å²) in [4.78, 5) is 9.90. The summed E-state index contributed by atoms with van der Waals surface area (Å²) >= 11 is 3.19. The lowest BCUT2D eigenvalue weighted by Crippen LogP contribution is -2.13. The van der Waals surface area contributed by atoms with Crippen LogP contribution < -0.4 is 5.32 Å². The molecule has 16 heavy (non-hydrogen) atoms. The maximum absolute atomic E-state index is 12.0. The van der Waals surface area contributed by atoms with Crippen LogP contribution in [-0.2, 0) is 4.79 Å². The second kappa shape index (κ2) is 5.07. The van der Waals surface area contributed by atoms with Gasteiger partial charge in [-0.1, -0.05) is 18.2 Å². The Kier molecular flexibility index (Phi) is 4.00. The van der Waals surface area contributed by atoms with Gasteiger partial charge >= 0.3 is 6.18 Å². The van der Waals surface area contributed by atoms with Crippen molar-refractivity contribution in [3.8, 4) is 0 Å². The molecule has 0 radical (unpaired) electrons. The number of benzene rings is 1. The van der Waals surface area contributed by atoms with Crippen LogP contribution in [0.25, 0.3) is 0 Å². The predicted molar refractivity (Wildman–Crippen MR) is 58.2 cm³/mol. The van der Waals surface area contributed by atoms with E-state index >= 15 is 0 Å². The Balaban J connectivity index is 2.68. The van der Waals surface area contributed by atoms with Gasteiger partial charge in [0.25, 0.3) is 0 Å². The topological polar surface area (TPSA) is 29.1 Å². The Morgan fingerprint density at radius 1 is 1.25 bits per heavy atom. The third-order valence-electron chi connectivity index (χ3n) is 1.60. The molecule has 0 aliphatic rings. The normalized spacial score (nSPS) is 12.4. The molecule has 86 valence electrons. The number of para-hydroxylation sites is 1. The largest absolute Gasteiger partial charge is 0.422 e. The van der Waals surface area contributed by atoms with Gasteiger partial charge in [-0.15, -0.1) is 12.6 Å². The molecular formula is C10H8F3NOS. The van der Waals surface area contributed by atoms with Gasteiger partial charge in [0.1, 0.15) is 0 Å². The first-order chi connectivity index (χ1) is 7.39. The molecule has 0 bridgehead atoms. The van der Waals surface area contributed by atoms with Gasteiger partial charge in [0.15, 0.2) is 0 Å². The van der Waals surface area contributed by atoms with Gasteiger partial charge in [-0.25, -0.2) is 0 Å². The fourth-order valence-corrected chi connectivity index (χ4v) is 1.02. The highest BCUT2D eigenvalue weighted by atomic mass is 32.1. The smallest absolute Gasteiger partial charge is 0.322 e. The molecule has 1 aromatic carbocycles. The van der Waals surface area contributed by atoms with E-state index in [0.717, 1.165) is 0 Å². The van der Waals surface area contributed by atoms with E-state index in [4.69, 9.17) is 0 Å². The van der Waals surface area contributed by atoms with Crippen LogP contribution in [0.3, 0.4) is 0 Å². The molecule has 2 nitrogen and oxygen atoms in total. The van der Waals surface area contributed by atoms with Crippen LogP contribution >= 0.6 is 12.6 Å². The third kappa shape index (κ3) is 3.98. The fourth-order valence-electron chi connectivity index (χ4n) is 0.906. The molecular weight excluding hydrogens is 239 g/mol. The zero-order valence-corrected chi connectivity index (χ0v) is 8.85. The van der Waals surface area contributed by atoms with Gasteiger partial charge in [0.2, 0.25) is 5.91 Å². The predicted octanol–water partition coefficient (Wildman–Crippen LogP) is 3.00. The number of carbonyl (C=O) groups is 1. The van der Waals surface area contributed by atoms with E-state index in [9.17, 15) is 18.0 Å². The van der Waals surface area contributed by atoms with Crippen LogP contribution in [-0.4, -0.2) is 12.1 Å². The van der Waals surface area contributed by atoms with Crippen molar-refractivity contribution in [1.82, 2.24) is 0 Å². The highest BCUT2D eigenvalue weighted by Crippen LogP contribution is 2.27. The van der Waals surface area contributed by atoms with Crippen molar-refractivity contribution >= 4 is 24.2 Å². The van der Waals surface area contributed by atoms with Crippen LogP contribution in [0.1, 0.15) is 0 Å². The average molecular weight is 247 g/mol. The number of allylic oxidation sites excluding steroid dienone is 1. The molecule has 0 aliphatic heterocycles. The summed E-state index contributed by atoms with van der Waals surface area (Å²) in [6.07, 6.45) is -4.20. The summed E-state index contributed by atoms with van der Waals surface area (Å²) in [6.45, 7) is 0. The van der Waals surface area contributed by atoms with E-state index in [0.29, 0.717) is 11.8 Å². The van der Waals surface area contributed by atoms with Crippen molar-refractivity contribution in [3.05, 3.63) is 41.3 Å². The van der Waals surface area contributed by atoms with Gasteiger partial charge in [-0.3, -0.25) is 4.79 Å². The van der Waals surface area contributed by atoms with Crippen molar-refractivity contribution in [2.75, 3.05) is 5.32 Å². The molecule has 1 aromatic rings. The van der Waals surface area contributed by atoms with Crippen LogP contribution in [0.5, 0.6) is 0 Å². The van der Waals surface area contributed by atoms with Crippen LogP contribution in [0, 0.1) is 0 Å². The number of halogens is 3. The SMILES string of the molecule is O=C(C=C(S)C(F)(F)F)Nc1ccccc1. The number of amides is 1. The third-order valence-corrected chi connectivity index (χ3v) is 1.98. The first kappa shape index (κ1) is 12.6. The molecule has 0 aromatic heterocycles. The summed E-state index contributed by atoms with van der Waals surface area (Å²) in [5, 5.41) is 2.28. The maximum atomic E-state index is 12.0. The monoisotopic (exact) mass is 247 g/mol. The first-order valence-corrected chi connectivity index (χ1v) is 4.68. The van der Waals surface area contributed by atoms with E-state index in [1.54, 1.807) is 30.3 Å². The molecule has 0 atom stereocenters. The molecule has 1 amide bonds. The summed E-state index contributed by atoms with van der Waals surface area (Å²) in [5.41, 5.74) is 0.423. The van der Waals surface area contributed by atoms with E-state index in [1.165, 1.54) is 0 Å². The highest BCUT2D eigenvalue weighted by Gasteiger charge is 2.31. The van der Waals surface area contributed by atoms with Crippen molar-refractivity contribution in [2.24, 2.45) is 0 Å². The quantitative estimate of drug-likeness (QED) is 0.610. The van der Waals surface area contributed by atoms with Crippen LogP contribution in [0.2, 0.25) is 0 Å². The number of anilines is 1. The summed E-state index contributed by atoms with van der Waals surface area (Å²) in [6, 6.07) is 8.18. The Labute approximate surface area is 95.6 Å². The molecule has 0 fully saturated rings. The van der Waals surface area contributed by atoms with Gasteiger partial charge in [0, 0.05) is 11.8 Å². The van der Waals surface area contributed by atoms with E-state index in [2.05, 4.69) is 17.9 Å². The lowest BCUT2D eigenvalue weighted by Gasteiger charge is -2.05. The van der Waals surface area contributed by atoms with Crippen molar-refractivity contribution in [3.63, 3.8) is 0 Å². The number of carbonyl (C=O) groups excluding carboxylic acids is 1. The van der Waals surface area contributed by atoms with Gasteiger partial charge in [-0.05, 0) is 12.1 Å². The standard InChI is InChI=1S/C10H8F3NOS/c11-10(12,13)8(16)6-9(15)14-7-4-2-1-3-5-7/h1-6,16H,(H,14,15). The zero-order chi connectivity index (χ0) is 12.2. The number of rotatable bonds is 2. The van der Waals surface area contributed by atoms with Crippen molar-refractivity contribution in [1.29, 1.82) is 0 Å². The second-order valence-electron chi connectivity index (χ2n) is 2.88. The Morgan fingerprint density at radius 2 is 1.81 bits per heavy atom. The number of thiol groups is 1. The molecule has 0 saturated heterocycles. The van der Waals surface area contributed by atoms with Gasteiger partial charge < -0.3 is 5.32 Å². The molecule has 0 saturated carbocycles. The summed E-state index contributed by atoms with van der Waals surface area (Å²) in [7, 11) is 0. The molecule has 0 unspecified atom stereocenters. The summed E-state index contributed by atoms with van der Waals surface area (Å²) in [5.74, 6) is -0.867. The Bertz CT molecular complexity index is 400. The second-order valence-corrected chi connectivity index (χ2v) is 3.36. The molecule has 1 rings (SSSR count). The van der Waals surface area contributed by atoms with Gasteiger partial charge in [-0.2, -0.15) is 13.2 Å². The molecule has 0 spiro atoms. The van der Waals surface area contributed by atoms with Crippen LogP contribution in [0.15, 0.2) is 41.3 Å². The summed E-state index contributed by atoms with van der Waals surface area (Å²) < 4.78 is 36.1. The van der Waals surface area contributed by atoms with Crippen molar-refractivity contribution in [2.45, 2.75) is 6.18 Å². The van der Waals surface area contributed by atoms with Crippen molar-refractivity contribution < 1.29 is 18.0 Å². The van der Waals surface area contributed by atoms with E-state index in [1.807, 2.05) is 0 Å². The maximum Gasteiger partial charge on any atom is 0.422 e. The van der Waals surface area contributed by atoms with E-state index < -0.39 is 17.0 Å². The molecule has 0 heterocycles. The van der Waals surface area contributed by atoms with Gasteiger partial charge in [0.05, 0.1) is 4.91 Å². The average Bonchev–Trinajstić information content (AvgIpc) is 2.17. The highest BCUT2D eigenvalue weighted by molar-refractivity contribution is 7.84. The number of hydrogen-bond acceptors (Lipinski definition) is 2. The Morgan fingerprint density at radius 3 is 2.31 bits per heavy atom. The lowest BCUT2D eigenvalue weighted by atomic mass is 10.3.